The molecular weight excluding hydrogens is 258 g/mol. The van der Waals surface area contributed by atoms with Crippen LogP contribution < -0.4 is 5.32 Å². The average molecular weight is 275 g/mol. The van der Waals surface area contributed by atoms with Crippen molar-refractivity contribution < 1.29 is 4.79 Å². The number of nitrogens with one attached hydrogen (secondary N) is 2. The van der Waals surface area contributed by atoms with Gasteiger partial charge in [-0.2, -0.15) is 5.10 Å². The van der Waals surface area contributed by atoms with Crippen LogP contribution in [0.3, 0.4) is 0 Å². The van der Waals surface area contributed by atoms with E-state index in [1.54, 1.807) is 11.8 Å². The number of anilines is 1. The molecule has 19 heavy (non-hydrogen) atoms. The first-order valence-corrected chi connectivity index (χ1v) is 7.23. The van der Waals surface area contributed by atoms with Crippen LogP contribution in [0.1, 0.15) is 27.3 Å². The maximum absolute atomic E-state index is 12.3. The lowest BCUT2D eigenvalue weighted by Crippen LogP contribution is -2.14. The number of amides is 1. The highest BCUT2D eigenvalue weighted by molar-refractivity contribution is 7.98. The molecule has 0 fully saturated rings. The van der Waals surface area contributed by atoms with Gasteiger partial charge in [-0.15, -0.1) is 11.8 Å². The molecule has 100 valence electrons. The summed E-state index contributed by atoms with van der Waals surface area (Å²) >= 11 is 1.62. The van der Waals surface area contributed by atoms with E-state index in [-0.39, 0.29) is 5.91 Å². The number of hydrogen-bond acceptors (Lipinski definition) is 3. The van der Waals surface area contributed by atoms with E-state index in [0.29, 0.717) is 5.56 Å². The number of rotatable bonds is 3. The quantitative estimate of drug-likeness (QED) is 0.845. The van der Waals surface area contributed by atoms with Crippen LogP contribution in [0.15, 0.2) is 23.1 Å². The Morgan fingerprint density at radius 2 is 2.05 bits per heavy atom. The Labute approximate surface area is 117 Å². The summed E-state index contributed by atoms with van der Waals surface area (Å²) in [6.45, 7) is 5.69. The Kier molecular flexibility index (Phi) is 3.95. The van der Waals surface area contributed by atoms with E-state index in [4.69, 9.17) is 0 Å². The monoisotopic (exact) mass is 275 g/mol. The molecule has 5 heteroatoms. The molecule has 1 aromatic carbocycles. The standard InChI is InChI=1S/C14H17N3OS/c1-8-5-6-11(19-4)7-12(8)14(18)15-13-9(2)16-17-10(13)3/h5-7H,1-4H3,(H,15,18)(H,16,17). The molecule has 1 aromatic heterocycles. The van der Waals surface area contributed by atoms with Gasteiger partial charge in [-0.05, 0) is 44.7 Å². The van der Waals surface area contributed by atoms with E-state index >= 15 is 0 Å². The Bertz CT molecular complexity index is 600. The predicted molar refractivity (Wildman–Crippen MR) is 79.0 cm³/mol. The zero-order chi connectivity index (χ0) is 14.0. The van der Waals surface area contributed by atoms with Gasteiger partial charge >= 0.3 is 0 Å². The molecule has 0 spiro atoms. The first-order chi connectivity index (χ1) is 9.02. The minimum atomic E-state index is -0.0963. The molecule has 0 radical (unpaired) electrons. The topological polar surface area (TPSA) is 57.8 Å². The first kappa shape index (κ1) is 13.7. The number of hydrogen-bond donors (Lipinski definition) is 2. The Morgan fingerprint density at radius 1 is 1.32 bits per heavy atom. The van der Waals surface area contributed by atoms with Crippen LogP contribution in [-0.2, 0) is 0 Å². The van der Waals surface area contributed by atoms with Crippen LogP contribution in [-0.4, -0.2) is 22.4 Å². The number of aromatic amines is 1. The van der Waals surface area contributed by atoms with Crippen molar-refractivity contribution in [3.63, 3.8) is 0 Å². The molecule has 2 rings (SSSR count). The Balaban J connectivity index is 2.30. The SMILES string of the molecule is CSc1ccc(C)c(C(=O)Nc2c(C)n[nH]c2C)c1. The van der Waals surface area contributed by atoms with Crippen LogP contribution in [0.25, 0.3) is 0 Å². The maximum Gasteiger partial charge on any atom is 0.256 e. The van der Waals surface area contributed by atoms with Crippen molar-refractivity contribution in [3.8, 4) is 0 Å². The van der Waals surface area contributed by atoms with Crippen molar-refractivity contribution >= 4 is 23.4 Å². The average Bonchev–Trinajstić information content (AvgIpc) is 2.71. The van der Waals surface area contributed by atoms with Gasteiger partial charge in [0.15, 0.2) is 0 Å². The molecule has 0 unspecified atom stereocenters. The van der Waals surface area contributed by atoms with E-state index in [2.05, 4.69) is 15.5 Å². The highest BCUT2D eigenvalue weighted by atomic mass is 32.2. The zero-order valence-corrected chi connectivity index (χ0v) is 12.3. The molecule has 0 saturated heterocycles. The van der Waals surface area contributed by atoms with Crippen molar-refractivity contribution in [2.45, 2.75) is 25.7 Å². The summed E-state index contributed by atoms with van der Waals surface area (Å²) in [5.74, 6) is -0.0963. The van der Waals surface area contributed by atoms with Gasteiger partial charge in [0.2, 0.25) is 0 Å². The van der Waals surface area contributed by atoms with E-state index in [1.807, 2.05) is 45.2 Å². The molecule has 0 aliphatic heterocycles. The smallest absolute Gasteiger partial charge is 0.256 e. The van der Waals surface area contributed by atoms with Crippen molar-refractivity contribution in [1.82, 2.24) is 10.2 Å². The van der Waals surface area contributed by atoms with Gasteiger partial charge in [0.25, 0.3) is 5.91 Å². The number of benzene rings is 1. The number of carbonyl (C=O) groups is 1. The number of aryl methyl sites for hydroxylation is 3. The summed E-state index contributed by atoms with van der Waals surface area (Å²) in [5, 5.41) is 9.86. The molecule has 0 atom stereocenters. The van der Waals surface area contributed by atoms with Gasteiger partial charge < -0.3 is 5.32 Å². The highest BCUT2D eigenvalue weighted by Crippen LogP contribution is 2.22. The first-order valence-electron chi connectivity index (χ1n) is 6.00. The third kappa shape index (κ3) is 2.81. The minimum absolute atomic E-state index is 0.0963. The maximum atomic E-state index is 12.3. The Hall–Kier alpha value is -1.75. The van der Waals surface area contributed by atoms with Crippen LogP contribution in [0.2, 0.25) is 0 Å². The van der Waals surface area contributed by atoms with Gasteiger partial charge in [-0.25, -0.2) is 0 Å². The third-order valence-electron chi connectivity index (χ3n) is 3.06. The number of H-pyrrole nitrogens is 1. The van der Waals surface area contributed by atoms with Gasteiger partial charge in [-0.3, -0.25) is 9.89 Å². The van der Waals surface area contributed by atoms with Gasteiger partial charge in [-0.1, -0.05) is 6.07 Å². The van der Waals surface area contributed by atoms with Crippen molar-refractivity contribution in [2.75, 3.05) is 11.6 Å². The van der Waals surface area contributed by atoms with E-state index in [1.165, 1.54) is 0 Å². The molecule has 4 nitrogen and oxygen atoms in total. The number of thioether (sulfide) groups is 1. The van der Waals surface area contributed by atoms with Crippen molar-refractivity contribution in [3.05, 3.63) is 40.7 Å². The number of carbonyl (C=O) groups excluding carboxylic acids is 1. The molecular formula is C14H17N3OS. The van der Waals surface area contributed by atoms with Gasteiger partial charge in [0.05, 0.1) is 17.1 Å². The zero-order valence-electron chi connectivity index (χ0n) is 11.5. The summed E-state index contributed by atoms with van der Waals surface area (Å²) in [6.07, 6.45) is 2.00. The largest absolute Gasteiger partial charge is 0.319 e. The lowest BCUT2D eigenvalue weighted by molar-refractivity contribution is 0.102. The molecule has 0 aliphatic carbocycles. The normalized spacial score (nSPS) is 10.5. The minimum Gasteiger partial charge on any atom is -0.319 e. The predicted octanol–water partition coefficient (Wildman–Crippen LogP) is 3.31. The number of nitrogens with zero attached hydrogens (tertiary/aromatic N) is 1. The fourth-order valence-corrected chi connectivity index (χ4v) is 2.33. The lowest BCUT2D eigenvalue weighted by atomic mass is 10.1. The summed E-state index contributed by atoms with van der Waals surface area (Å²) in [4.78, 5) is 13.4. The summed E-state index contributed by atoms with van der Waals surface area (Å²) in [5.41, 5.74) is 4.09. The van der Waals surface area contributed by atoms with Gasteiger partial charge in [0, 0.05) is 10.5 Å². The number of aromatic nitrogens is 2. The van der Waals surface area contributed by atoms with Crippen molar-refractivity contribution in [1.29, 1.82) is 0 Å². The van der Waals surface area contributed by atoms with Crippen LogP contribution in [0.5, 0.6) is 0 Å². The molecule has 2 N–H and O–H groups in total. The van der Waals surface area contributed by atoms with E-state index < -0.39 is 0 Å². The van der Waals surface area contributed by atoms with E-state index in [9.17, 15) is 4.79 Å². The molecule has 0 bridgehead atoms. The molecule has 0 aliphatic rings. The second-order valence-corrected chi connectivity index (χ2v) is 5.32. The second kappa shape index (κ2) is 5.48. The summed E-state index contributed by atoms with van der Waals surface area (Å²) < 4.78 is 0. The molecule has 2 aromatic rings. The lowest BCUT2D eigenvalue weighted by Gasteiger charge is -2.09. The summed E-state index contributed by atoms with van der Waals surface area (Å²) in [7, 11) is 0. The Morgan fingerprint density at radius 3 is 2.63 bits per heavy atom. The molecule has 1 amide bonds. The van der Waals surface area contributed by atoms with Crippen LogP contribution in [0, 0.1) is 20.8 Å². The fourth-order valence-electron chi connectivity index (χ4n) is 1.89. The molecule has 1 heterocycles. The second-order valence-electron chi connectivity index (χ2n) is 4.44. The van der Waals surface area contributed by atoms with Crippen molar-refractivity contribution in [2.24, 2.45) is 0 Å². The summed E-state index contributed by atoms with van der Waals surface area (Å²) in [6, 6.07) is 5.90. The van der Waals surface area contributed by atoms with E-state index in [0.717, 1.165) is 27.5 Å². The fraction of sp³-hybridized carbons (Fsp3) is 0.286. The highest BCUT2D eigenvalue weighted by Gasteiger charge is 2.14. The molecule has 0 saturated carbocycles. The third-order valence-corrected chi connectivity index (χ3v) is 3.78. The van der Waals surface area contributed by atoms with Crippen LogP contribution in [0.4, 0.5) is 5.69 Å². The van der Waals surface area contributed by atoms with Crippen LogP contribution >= 0.6 is 11.8 Å². The van der Waals surface area contributed by atoms with Gasteiger partial charge in [0.1, 0.15) is 0 Å².